The van der Waals surface area contributed by atoms with Crippen LogP contribution in [0, 0.1) is 0 Å². The zero-order valence-corrected chi connectivity index (χ0v) is 53.1. The van der Waals surface area contributed by atoms with E-state index in [-0.39, 0.29) is 19.3 Å². The molecule has 1 aliphatic carbocycles. The molecular weight excluding hydrogens is 1220 g/mol. The summed E-state index contributed by atoms with van der Waals surface area (Å²) >= 11 is 6.16. The van der Waals surface area contributed by atoms with Crippen LogP contribution in [0.25, 0.3) is 101 Å². The topological polar surface area (TPSA) is 295 Å². The smallest absolute Gasteiger partial charge is 0.305 e. The van der Waals surface area contributed by atoms with Crippen molar-refractivity contribution in [2.75, 3.05) is 25.1 Å². The number of carboxylic acids is 3. The molecule has 0 bridgehead atoms. The quantitative estimate of drug-likeness (QED) is 0.0639. The fourth-order valence-corrected chi connectivity index (χ4v) is 12.6. The van der Waals surface area contributed by atoms with Crippen molar-refractivity contribution in [1.82, 2.24) is 59.8 Å². The lowest BCUT2D eigenvalue weighted by Gasteiger charge is -2.30. The number of benzene rings is 6. The Bertz CT molecular complexity index is 4460. The Kier molecular flexibility index (Phi) is 19.6. The van der Waals surface area contributed by atoms with Crippen molar-refractivity contribution >= 4 is 67.9 Å². The van der Waals surface area contributed by atoms with E-state index < -0.39 is 17.9 Å². The summed E-state index contributed by atoms with van der Waals surface area (Å²) in [6.07, 6.45) is 17.6. The van der Waals surface area contributed by atoms with Gasteiger partial charge in [-0.05, 0) is 171 Å². The molecule has 1 saturated heterocycles. The maximum Gasteiger partial charge on any atom is 0.305 e. The van der Waals surface area contributed by atoms with Crippen LogP contribution in [-0.4, -0.2) is 113 Å². The second-order valence-electron chi connectivity index (χ2n) is 23.3. The van der Waals surface area contributed by atoms with Crippen LogP contribution < -0.4 is 9.64 Å². The maximum atomic E-state index is 10.9. The number of aryl methyl sites for hydroxylation is 5. The molecule has 0 spiro atoms. The Balaban J connectivity index is 0.000000136. The third-order valence-corrected chi connectivity index (χ3v) is 17.5. The van der Waals surface area contributed by atoms with Crippen LogP contribution in [0.5, 0.6) is 5.75 Å². The number of piperidine rings is 1. The first kappa shape index (κ1) is 63.6. The number of aliphatic carboxylic acids is 3. The van der Waals surface area contributed by atoms with E-state index in [1.165, 1.54) is 73.7 Å². The van der Waals surface area contributed by atoms with Crippen molar-refractivity contribution < 1.29 is 48.0 Å². The Morgan fingerprint density at radius 3 is 1.33 bits per heavy atom. The van der Waals surface area contributed by atoms with Crippen LogP contribution in [0.4, 0.5) is 5.69 Å². The lowest BCUT2D eigenvalue weighted by molar-refractivity contribution is -0.138. The van der Waals surface area contributed by atoms with Gasteiger partial charge in [-0.2, -0.15) is 30.2 Å². The number of fused-ring (bicyclic) bond motifs is 3. The average molecular weight is 1290 g/mol. The second-order valence-corrected chi connectivity index (χ2v) is 23.7. The van der Waals surface area contributed by atoms with Gasteiger partial charge < -0.3 is 38.5 Å². The fraction of sp³-hybridized carbons (Fsp3) is 0.314. The molecule has 94 heavy (non-hydrogen) atoms. The van der Waals surface area contributed by atoms with Gasteiger partial charge in [-0.15, -0.1) is 0 Å². The average Bonchev–Trinajstić information content (AvgIpc) is 1.60. The summed E-state index contributed by atoms with van der Waals surface area (Å²) < 4.78 is 26.8. The molecule has 7 heterocycles. The molecule has 3 N–H and O–H groups in total. The number of hydrogen-bond acceptors (Lipinski definition) is 17. The zero-order valence-electron chi connectivity index (χ0n) is 52.3. The Hall–Kier alpha value is -10.6. The highest BCUT2D eigenvalue weighted by molar-refractivity contribution is 6.32. The minimum atomic E-state index is -0.863. The van der Waals surface area contributed by atoms with E-state index in [2.05, 4.69) is 101 Å². The SMILES string of the molecule is CCc1cc(-c2nc(-c3ccc4c(cnn4CCC(=O)O)c3)no2)ccc1C1CCCCC1.CCc1cc(-c2nc(-c3ccc4c(cnn4CCC(=O)O)c3)no2)ccc1N1CCCCC1.COc1ccc(-c2nc(-c3ccc4c(cnn4CCC(=O)O)c3)no2)cc1Cl. The fourth-order valence-electron chi connectivity index (χ4n) is 12.3. The first-order valence-electron chi connectivity index (χ1n) is 31.7. The van der Waals surface area contributed by atoms with Gasteiger partial charge in [0.25, 0.3) is 17.7 Å². The van der Waals surface area contributed by atoms with Crippen LogP contribution in [0.2, 0.25) is 5.02 Å². The van der Waals surface area contributed by atoms with E-state index in [0.717, 1.165) is 86.5 Å². The molecule has 2 fully saturated rings. The number of ether oxygens (including phenoxy) is 1. The van der Waals surface area contributed by atoms with Crippen LogP contribution in [0.15, 0.2) is 141 Å². The molecule has 0 unspecified atom stereocenters. The van der Waals surface area contributed by atoms with E-state index >= 15 is 0 Å². The molecule has 24 heteroatoms. The van der Waals surface area contributed by atoms with E-state index in [0.29, 0.717) is 77.0 Å². The van der Waals surface area contributed by atoms with E-state index in [1.54, 1.807) is 57.9 Å². The Morgan fingerprint density at radius 2 is 0.904 bits per heavy atom. The highest BCUT2D eigenvalue weighted by Gasteiger charge is 2.22. The highest BCUT2D eigenvalue weighted by Crippen LogP contribution is 2.38. The van der Waals surface area contributed by atoms with Gasteiger partial charge in [0.1, 0.15) is 5.75 Å². The van der Waals surface area contributed by atoms with E-state index in [1.807, 2.05) is 54.6 Å². The molecule has 1 aliphatic heterocycles. The van der Waals surface area contributed by atoms with Crippen molar-refractivity contribution in [2.24, 2.45) is 0 Å². The molecule has 0 amide bonds. The van der Waals surface area contributed by atoms with Gasteiger partial charge in [0, 0.05) is 68.3 Å². The Morgan fingerprint density at radius 1 is 0.500 bits per heavy atom. The van der Waals surface area contributed by atoms with Gasteiger partial charge in [-0.25, -0.2) is 0 Å². The van der Waals surface area contributed by atoms with Gasteiger partial charge in [-0.3, -0.25) is 28.4 Å². The van der Waals surface area contributed by atoms with Gasteiger partial charge in [0.05, 0.1) is 86.2 Å². The van der Waals surface area contributed by atoms with Gasteiger partial charge in [0.15, 0.2) is 0 Å². The summed E-state index contributed by atoms with van der Waals surface area (Å²) in [5.41, 5.74) is 13.1. The number of rotatable bonds is 20. The minimum Gasteiger partial charge on any atom is -0.495 e. The summed E-state index contributed by atoms with van der Waals surface area (Å²) in [7, 11) is 1.55. The second kappa shape index (κ2) is 29.0. The van der Waals surface area contributed by atoms with Crippen molar-refractivity contribution in [3.63, 3.8) is 0 Å². The third kappa shape index (κ3) is 14.5. The first-order chi connectivity index (χ1) is 45.8. The summed E-state index contributed by atoms with van der Waals surface area (Å²) in [5, 5.41) is 55.1. The van der Waals surface area contributed by atoms with E-state index in [9.17, 15) is 14.4 Å². The number of nitrogens with zero attached hydrogens (tertiary/aromatic N) is 13. The number of aromatic nitrogens is 12. The number of halogens is 1. The maximum absolute atomic E-state index is 10.9. The molecule has 0 atom stereocenters. The van der Waals surface area contributed by atoms with Crippen molar-refractivity contribution in [2.45, 2.75) is 123 Å². The minimum absolute atomic E-state index is 0.0111. The monoisotopic (exact) mass is 1290 g/mol. The van der Waals surface area contributed by atoms with Gasteiger partial charge in [-0.1, -0.05) is 66.2 Å². The van der Waals surface area contributed by atoms with Gasteiger partial charge >= 0.3 is 17.9 Å². The number of anilines is 1. The van der Waals surface area contributed by atoms with Crippen LogP contribution in [0.3, 0.4) is 0 Å². The summed E-state index contributed by atoms with van der Waals surface area (Å²) in [4.78, 5) is 48.7. The number of methoxy groups -OCH3 is 1. The largest absolute Gasteiger partial charge is 0.495 e. The normalized spacial score (nSPS) is 13.4. The van der Waals surface area contributed by atoms with Crippen LogP contribution in [0.1, 0.15) is 107 Å². The van der Waals surface area contributed by atoms with Crippen molar-refractivity contribution in [1.29, 1.82) is 0 Å². The summed E-state index contributed by atoms with van der Waals surface area (Å²) in [6, 6.07) is 35.4. The summed E-state index contributed by atoms with van der Waals surface area (Å²) in [5.74, 6) is 1.53. The van der Waals surface area contributed by atoms with Crippen molar-refractivity contribution in [3.8, 4) is 74.3 Å². The molecular formula is C70H70ClN13O10. The van der Waals surface area contributed by atoms with Crippen molar-refractivity contribution in [3.05, 3.63) is 149 Å². The van der Waals surface area contributed by atoms with E-state index in [4.69, 9.17) is 45.2 Å². The predicted molar refractivity (Wildman–Crippen MR) is 354 cm³/mol. The molecule has 23 nitrogen and oxygen atoms in total. The zero-order chi connectivity index (χ0) is 65.2. The first-order valence-corrected chi connectivity index (χ1v) is 32.1. The lowest BCUT2D eigenvalue weighted by Crippen LogP contribution is -2.30. The molecule has 6 aromatic carbocycles. The molecule has 6 aromatic heterocycles. The molecule has 482 valence electrons. The van der Waals surface area contributed by atoms with Crippen LogP contribution in [-0.2, 0) is 46.9 Å². The highest BCUT2D eigenvalue weighted by atomic mass is 35.5. The third-order valence-electron chi connectivity index (χ3n) is 17.2. The summed E-state index contributed by atoms with van der Waals surface area (Å²) in [6.45, 7) is 7.59. The van der Waals surface area contributed by atoms with Crippen LogP contribution >= 0.6 is 11.6 Å². The molecule has 2 aliphatic rings. The predicted octanol–water partition coefficient (Wildman–Crippen LogP) is 14.5. The standard InChI is InChI=1S/C26H28N4O3.C25H27N5O3.C19H15ClN4O4/c1-2-17-14-20(8-10-22(17)18-6-4-3-5-7-18)26-28-25(29-33-26)19-9-11-23-21(15-19)16-27-30(23)13-12-24(31)32;1-2-17-14-19(7-8-21(17)29-11-4-3-5-12-29)25-27-24(28-33-25)18-6-9-22-20(15-18)16-26-30(22)13-10-23(31)32;1-27-16-5-3-12(9-14(16)20)19-22-18(23-28-19)11-2-4-15-13(8-11)10-21-24(15)7-6-17(25)26/h8-11,14-16,18H,2-7,12-13H2,1H3,(H,31,32);6-9,14-16H,2-5,10-13H2,1H3,(H,31,32);2-5,8-10H,6-7H2,1H3,(H,25,26). The lowest BCUT2D eigenvalue weighted by atomic mass is 9.81. The Labute approximate surface area is 544 Å². The number of carbonyl (C=O) groups is 3. The molecule has 14 rings (SSSR count). The number of carboxylic acid groups (broad SMARTS) is 3. The van der Waals surface area contributed by atoms with Gasteiger partial charge in [0.2, 0.25) is 17.5 Å². The molecule has 0 radical (unpaired) electrons. The molecule has 12 aromatic rings. The number of hydrogen-bond donors (Lipinski definition) is 3. The molecule has 1 saturated carbocycles.